The highest BCUT2D eigenvalue weighted by Crippen LogP contribution is 2.41. The second-order valence-corrected chi connectivity index (χ2v) is 4.39. The minimum absolute atomic E-state index is 0.0139. The Labute approximate surface area is 73.0 Å². The first kappa shape index (κ1) is 8.24. The average molecular weight is 168 g/mol. The van der Waals surface area contributed by atoms with Crippen LogP contribution in [0, 0.1) is 17.8 Å². The molecular weight excluding hydrogens is 152 g/mol. The zero-order valence-corrected chi connectivity index (χ0v) is 7.49. The van der Waals surface area contributed by atoms with E-state index in [1.165, 1.54) is 0 Å². The van der Waals surface area contributed by atoms with E-state index in [-0.39, 0.29) is 12.0 Å². The lowest BCUT2D eigenvalue weighted by Crippen LogP contribution is -2.42. The van der Waals surface area contributed by atoms with E-state index in [0.717, 1.165) is 19.3 Å². The fourth-order valence-corrected chi connectivity index (χ4v) is 2.69. The van der Waals surface area contributed by atoms with Crippen LogP contribution in [0.4, 0.5) is 0 Å². The molecule has 2 aliphatic carbocycles. The summed E-state index contributed by atoms with van der Waals surface area (Å²) in [5, 5.41) is 9.56. The molecule has 0 heterocycles. The van der Waals surface area contributed by atoms with E-state index in [1.54, 1.807) is 0 Å². The third-order valence-corrected chi connectivity index (χ3v) is 3.60. The first-order valence-electron chi connectivity index (χ1n) is 4.89. The number of rotatable bonds is 0. The highest BCUT2D eigenvalue weighted by Gasteiger charge is 2.40. The zero-order valence-electron chi connectivity index (χ0n) is 7.49. The van der Waals surface area contributed by atoms with Crippen LogP contribution in [0.1, 0.15) is 32.6 Å². The summed E-state index contributed by atoms with van der Waals surface area (Å²) >= 11 is 0. The molecule has 2 rings (SSSR count). The molecule has 2 fully saturated rings. The number of Topliss-reactive ketones (excluding diaryl/α,β-unsaturated/α-hetero) is 1. The Hall–Kier alpha value is -0.370. The average Bonchev–Trinajstić information content (AvgIpc) is 2.03. The van der Waals surface area contributed by atoms with Crippen molar-refractivity contribution in [2.75, 3.05) is 0 Å². The molecule has 0 amide bonds. The minimum atomic E-state index is -0.332. The highest BCUT2D eigenvalue weighted by atomic mass is 16.3. The lowest BCUT2D eigenvalue weighted by atomic mass is 9.66. The normalized spacial score (nSPS) is 47.7. The van der Waals surface area contributed by atoms with Crippen molar-refractivity contribution in [2.24, 2.45) is 17.8 Å². The first-order valence-corrected chi connectivity index (χ1v) is 4.89. The predicted molar refractivity (Wildman–Crippen MR) is 45.6 cm³/mol. The Kier molecular flexibility index (Phi) is 1.95. The quantitative estimate of drug-likeness (QED) is 0.593. The Bertz CT molecular complexity index is 200. The van der Waals surface area contributed by atoms with Gasteiger partial charge in [-0.3, -0.25) is 4.79 Å². The molecule has 2 nitrogen and oxygen atoms in total. The molecule has 0 unspecified atom stereocenters. The third kappa shape index (κ3) is 1.18. The van der Waals surface area contributed by atoms with Gasteiger partial charge in [0.2, 0.25) is 0 Å². The van der Waals surface area contributed by atoms with Crippen molar-refractivity contribution in [1.82, 2.24) is 0 Å². The van der Waals surface area contributed by atoms with E-state index >= 15 is 0 Å². The monoisotopic (exact) mass is 168 g/mol. The van der Waals surface area contributed by atoms with Crippen LogP contribution in [0.5, 0.6) is 0 Å². The lowest BCUT2D eigenvalue weighted by Gasteiger charge is -2.40. The van der Waals surface area contributed by atoms with E-state index in [1.807, 2.05) is 0 Å². The van der Waals surface area contributed by atoms with E-state index in [2.05, 4.69) is 6.92 Å². The molecule has 2 aliphatic rings. The van der Waals surface area contributed by atoms with Crippen LogP contribution in [0.15, 0.2) is 0 Å². The summed E-state index contributed by atoms with van der Waals surface area (Å²) in [5.41, 5.74) is 0. The Morgan fingerprint density at radius 2 is 2.17 bits per heavy atom. The van der Waals surface area contributed by atoms with E-state index < -0.39 is 0 Å². The van der Waals surface area contributed by atoms with Gasteiger partial charge in [0.05, 0.1) is 6.10 Å². The van der Waals surface area contributed by atoms with Gasteiger partial charge < -0.3 is 5.11 Å². The SMILES string of the molecule is C[C@@H]1CC(=O)[C@@H]2C[C@H]1CC[C@@H]2O. The fourth-order valence-electron chi connectivity index (χ4n) is 2.69. The summed E-state index contributed by atoms with van der Waals surface area (Å²) in [6, 6.07) is 0. The van der Waals surface area contributed by atoms with Crippen molar-refractivity contribution in [1.29, 1.82) is 0 Å². The first-order chi connectivity index (χ1) is 5.68. The maximum Gasteiger partial charge on any atom is 0.138 e. The molecule has 2 bridgehead atoms. The molecule has 2 heteroatoms. The van der Waals surface area contributed by atoms with Gasteiger partial charge in [-0.1, -0.05) is 6.92 Å². The predicted octanol–water partition coefficient (Wildman–Crippen LogP) is 1.37. The third-order valence-electron chi connectivity index (χ3n) is 3.60. The molecule has 0 aromatic carbocycles. The maximum absolute atomic E-state index is 11.5. The number of aliphatic hydroxyl groups is 1. The number of aliphatic hydroxyl groups excluding tert-OH is 1. The number of ketones is 1. The summed E-state index contributed by atoms with van der Waals surface area (Å²) < 4.78 is 0. The molecule has 0 aromatic rings. The number of hydrogen-bond acceptors (Lipinski definition) is 2. The Balaban J connectivity index is 2.14. The number of fused-ring (bicyclic) bond motifs is 2. The topological polar surface area (TPSA) is 37.3 Å². The number of hydrogen-bond donors (Lipinski definition) is 1. The van der Waals surface area contributed by atoms with Crippen molar-refractivity contribution in [3.05, 3.63) is 0 Å². The van der Waals surface area contributed by atoms with Gasteiger partial charge in [-0.15, -0.1) is 0 Å². The fraction of sp³-hybridized carbons (Fsp3) is 0.900. The summed E-state index contributed by atoms with van der Waals surface area (Å²) in [5.74, 6) is 1.54. The van der Waals surface area contributed by atoms with Gasteiger partial charge >= 0.3 is 0 Å². The van der Waals surface area contributed by atoms with E-state index in [9.17, 15) is 9.90 Å². The molecular formula is C10H16O2. The van der Waals surface area contributed by atoms with Crippen molar-refractivity contribution >= 4 is 5.78 Å². The van der Waals surface area contributed by atoms with Crippen LogP contribution >= 0.6 is 0 Å². The van der Waals surface area contributed by atoms with Crippen molar-refractivity contribution < 1.29 is 9.90 Å². The molecule has 0 spiro atoms. The smallest absolute Gasteiger partial charge is 0.138 e. The van der Waals surface area contributed by atoms with Crippen LogP contribution in [0.25, 0.3) is 0 Å². The Morgan fingerprint density at radius 1 is 1.42 bits per heavy atom. The van der Waals surface area contributed by atoms with Crippen LogP contribution in [-0.2, 0) is 4.79 Å². The largest absolute Gasteiger partial charge is 0.392 e. The molecule has 1 N–H and O–H groups in total. The Morgan fingerprint density at radius 3 is 2.92 bits per heavy atom. The summed E-state index contributed by atoms with van der Waals surface area (Å²) in [6.07, 6.45) is 3.27. The van der Waals surface area contributed by atoms with Gasteiger partial charge in [0.15, 0.2) is 0 Å². The van der Waals surface area contributed by atoms with Crippen LogP contribution in [0.2, 0.25) is 0 Å². The number of carbonyl (C=O) groups excluding carboxylic acids is 1. The van der Waals surface area contributed by atoms with Gasteiger partial charge in [0, 0.05) is 12.3 Å². The van der Waals surface area contributed by atoms with Gasteiger partial charge in [-0.2, -0.15) is 0 Å². The maximum atomic E-state index is 11.5. The lowest BCUT2D eigenvalue weighted by molar-refractivity contribution is -0.135. The number of carbonyl (C=O) groups is 1. The van der Waals surface area contributed by atoms with E-state index in [0.29, 0.717) is 24.0 Å². The van der Waals surface area contributed by atoms with Crippen LogP contribution in [0.3, 0.4) is 0 Å². The molecule has 0 aliphatic heterocycles. The summed E-state index contributed by atoms with van der Waals surface area (Å²) in [4.78, 5) is 11.5. The van der Waals surface area contributed by atoms with Crippen molar-refractivity contribution in [2.45, 2.75) is 38.7 Å². The highest BCUT2D eigenvalue weighted by molar-refractivity contribution is 5.82. The van der Waals surface area contributed by atoms with Crippen LogP contribution < -0.4 is 0 Å². The van der Waals surface area contributed by atoms with E-state index in [4.69, 9.17) is 0 Å². The van der Waals surface area contributed by atoms with Gasteiger partial charge in [-0.05, 0) is 31.1 Å². The second-order valence-electron chi connectivity index (χ2n) is 4.39. The van der Waals surface area contributed by atoms with Crippen LogP contribution in [-0.4, -0.2) is 17.0 Å². The minimum Gasteiger partial charge on any atom is -0.392 e. The second kappa shape index (κ2) is 2.84. The summed E-state index contributed by atoms with van der Waals surface area (Å²) in [6.45, 7) is 2.16. The molecule has 0 radical (unpaired) electrons. The standard InChI is InChI=1S/C10H16O2/c1-6-4-10(12)8-5-7(6)2-3-9(8)11/h6-9,11H,2-5H2,1H3/t6-,7-,8-,9+/m1/s1. The van der Waals surface area contributed by atoms with Gasteiger partial charge in [0.25, 0.3) is 0 Å². The molecule has 0 aromatic heterocycles. The van der Waals surface area contributed by atoms with Crippen molar-refractivity contribution in [3.63, 3.8) is 0 Å². The zero-order chi connectivity index (χ0) is 8.72. The molecule has 0 saturated heterocycles. The van der Waals surface area contributed by atoms with Gasteiger partial charge in [-0.25, -0.2) is 0 Å². The van der Waals surface area contributed by atoms with Crippen molar-refractivity contribution in [3.8, 4) is 0 Å². The molecule has 4 atom stereocenters. The molecule has 68 valence electrons. The molecule has 2 saturated carbocycles. The van der Waals surface area contributed by atoms with Gasteiger partial charge in [0.1, 0.15) is 5.78 Å². The molecule has 12 heavy (non-hydrogen) atoms. The summed E-state index contributed by atoms with van der Waals surface area (Å²) in [7, 11) is 0.